The Balaban J connectivity index is 2.43. The van der Waals surface area contributed by atoms with Crippen molar-refractivity contribution in [2.45, 2.75) is 45.1 Å². The number of hydrogen-bond acceptors (Lipinski definition) is 2. The van der Waals surface area contributed by atoms with Crippen LogP contribution in [0.25, 0.3) is 0 Å². The van der Waals surface area contributed by atoms with E-state index in [9.17, 15) is 5.11 Å². The van der Waals surface area contributed by atoms with Gasteiger partial charge in [0.15, 0.2) is 0 Å². The maximum Gasteiger partial charge on any atom is 0.0968 e. The Bertz CT molecular complexity index is 279. The van der Waals surface area contributed by atoms with Gasteiger partial charge in [0.25, 0.3) is 0 Å². The number of aliphatic hydroxyl groups is 1. The Morgan fingerprint density at radius 3 is 2.73 bits per heavy atom. The van der Waals surface area contributed by atoms with Crippen molar-refractivity contribution in [3.63, 3.8) is 0 Å². The van der Waals surface area contributed by atoms with Gasteiger partial charge in [0, 0.05) is 7.05 Å². The highest BCUT2D eigenvalue weighted by Gasteiger charge is 2.15. The molecule has 1 unspecified atom stereocenters. The zero-order valence-corrected chi connectivity index (χ0v) is 11.0. The number of hydrogen-bond donors (Lipinski definition) is 1. The van der Waals surface area contributed by atoms with Crippen molar-refractivity contribution in [1.82, 2.24) is 9.78 Å². The molecule has 1 heterocycles. The number of halogens is 1. The predicted molar refractivity (Wildman–Crippen MR) is 64.6 cm³/mol. The minimum atomic E-state index is -0.399. The minimum absolute atomic E-state index is 0.399. The molecule has 0 aliphatic carbocycles. The third kappa shape index (κ3) is 3.61. The van der Waals surface area contributed by atoms with Crippen LogP contribution in [0.1, 0.15) is 50.8 Å². The molecule has 0 radical (unpaired) electrons. The van der Waals surface area contributed by atoms with Gasteiger partial charge in [-0.1, -0.05) is 32.6 Å². The normalized spacial score (nSPS) is 13.1. The van der Waals surface area contributed by atoms with E-state index in [0.717, 1.165) is 23.0 Å². The summed E-state index contributed by atoms with van der Waals surface area (Å²) >= 11 is 3.40. The molecule has 0 aliphatic rings. The summed E-state index contributed by atoms with van der Waals surface area (Å²) in [6.07, 6.45) is 6.90. The lowest BCUT2D eigenvalue weighted by Crippen LogP contribution is -2.05. The average molecular weight is 275 g/mol. The SMILES string of the molecule is CCCCCCC(O)c1c(Br)cnn1C. The Hall–Kier alpha value is -0.350. The van der Waals surface area contributed by atoms with Crippen LogP contribution in [0.5, 0.6) is 0 Å². The number of unbranched alkanes of at least 4 members (excludes halogenated alkanes) is 3. The number of aliphatic hydroxyl groups excluding tert-OH is 1. The van der Waals surface area contributed by atoms with Crippen LogP contribution in [0.3, 0.4) is 0 Å². The Kier molecular flexibility index (Phi) is 5.32. The van der Waals surface area contributed by atoms with Gasteiger partial charge in [-0.2, -0.15) is 5.10 Å². The number of rotatable bonds is 6. The summed E-state index contributed by atoms with van der Waals surface area (Å²) in [6, 6.07) is 0. The molecule has 0 fully saturated rings. The monoisotopic (exact) mass is 274 g/mol. The summed E-state index contributed by atoms with van der Waals surface area (Å²) in [7, 11) is 1.86. The maximum absolute atomic E-state index is 9.98. The van der Waals surface area contributed by atoms with E-state index in [1.54, 1.807) is 10.9 Å². The van der Waals surface area contributed by atoms with Gasteiger partial charge in [-0.05, 0) is 22.4 Å². The third-order valence-electron chi connectivity index (χ3n) is 2.58. The highest BCUT2D eigenvalue weighted by Crippen LogP contribution is 2.26. The van der Waals surface area contributed by atoms with Crippen molar-refractivity contribution < 1.29 is 5.11 Å². The van der Waals surface area contributed by atoms with Gasteiger partial charge in [0.05, 0.1) is 22.5 Å². The number of nitrogens with zero attached hydrogens (tertiary/aromatic N) is 2. The van der Waals surface area contributed by atoms with Crippen LogP contribution in [0.2, 0.25) is 0 Å². The largest absolute Gasteiger partial charge is 0.387 e. The zero-order valence-electron chi connectivity index (χ0n) is 9.41. The van der Waals surface area contributed by atoms with Crippen LogP contribution in [-0.2, 0) is 7.05 Å². The molecule has 0 aromatic carbocycles. The molecule has 1 aromatic rings. The smallest absolute Gasteiger partial charge is 0.0968 e. The van der Waals surface area contributed by atoms with Gasteiger partial charge < -0.3 is 5.11 Å². The van der Waals surface area contributed by atoms with Crippen LogP contribution in [0, 0.1) is 0 Å². The van der Waals surface area contributed by atoms with E-state index >= 15 is 0 Å². The Labute approximate surface area is 99.6 Å². The summed E-state index contributed by atoms with van der Waals surface area (Å²) in [5, 5.41) is 14.1. The lowest BCUT2D eigenvalue weighted by Gasteiger charge is -2.11. The molecule has 4 heteroatoms. The lowest BCUT2D eigenvalue weighted by molar-refractivity contribution is 0.153. The van der Waals surface area contributed by atoms with E-state index < -0.39 is 6.10 Å². The van der Waals surface area contributed by atoms with Gasteiger partial charge in [0.1, 0.15) is 0 Å². The first-order chi connectivity index (χ1) is 7.16. The fourth-order valence-corrected chi connectivity index (χ4v) is 2.31. The molecule has 0 aliphatic heterocycles. The Morgan fingerprint density at radius 2 is 2.20 bits per heavy atom. The third-order valence-corrected chi connectivity index (χ3v) is 3.20. The molecule has 0 saturated heterocycles. The Morgan fingerprint density at radius 1 is 1.47 bits per heavy atom. The molecular weight excluding hydrogens is 256 g/mol. The summed E-state index contributed by atoms with van der Waals surface area (Å²) in [6.45, 7) is 2.19. The topological polar surface area (TPSA) is 38.1 Å². The fourth-order valence-electron chi connectivity index (χ4n) is 1.70. The maximum atomic E-state index is 9.98. The van der Waals surface area contributed by atoms with E-state index in [4.69, 9.17) is 0 Å². The summed E-state index contributed by atoms with van der Waals surface area (Å²) in [4.78, 5) is 0. The van der Waals surface area contributed by atoms with Crippen molar-refractivity contribution in [2.75, 3.05) is 0 Å². The highest BCUT2D eigenvalue weighted by atomic mass is 79.9. The van der Waals surface area contributed by atoms with E-state index in [-0.39, 0.29) is 0 Å². The van der Waals surface area contributed by atoms with Crippen molar-refractivity contribution in [1.29, 1.82) is 0 Å². The molecule has 86 valence electrons. The van der Waals surface area contributed by atoms with Crippen molar-refractivity contribution >= 4 is 15.9 Å². The van der Waals surface area contributed by atoms with E-state index in [1.165, 1.54) is 19.3 Å². The van der Waals surface area contributed by atoms with Gasteiger partial charge in [0.2, 0.25) is 0 Å². The summed E-state index contributed by atoms with van der Waals surface area (Å²) in [5.74, 6) is 0. The van der Waals surface area contributed by atoms with Crippen molar-refractivity contribution in [3.05, 3.63) is 16.4 Å². The molecule has 0 amide bonds. The fraction of sp³-hybridized carbons (Fsp3) is 0.727. The number of aryl methyl sites for hydroxylation is 1. The summed E-state index contributed by atoms with van der Waals surface area (Å²) < 4.78 is 2.63. The second-order valence-electron chi connectivity index (χ2n) is 3.87. The molecule has 0 bridgehead atoms. The molecule has 3 nitrogen and oxygen atoms in total. The van der Waals surface area contributed by atoms with Gasteiger partial charge in [-0.15, -0.1) is 0 Å². The average Bonchev–Trinajstić information content (AvgIpc) is 2.53. The van der Waals surface area contributed by atoms with Crippen LogP contribution in [0.4, 0.5) is 0 Å². The first-order valence-corrected chi connectivity index (χ1v) is 6.31. The molecular formula is C11H19BrN2O. The summed E-state index contributed by atoms with van der Waals surface area (Å²) in [5.41, 5.74) is 0.881. The van der Waals surface area contributed by atoms with Crippen LogP contribution >= 0.6 is 15.9 Å². The molecule has 1 aromatic heterocycles. The second kappa shape index (κ2) is 6.28. The van der Waals surface area contributed by atoms with Crippen LogP contribution < -0.4 is 0 Å². The van der Waals surface area contributed by atoms with Crippen molar-refractivity contribution in [2.24, 2.45) is 7.05 Å². The molecule has 1 atom stereocenters. The molecule has 0 saturated carbocycles. The van der Waals surface area contributed by atoms with Gasteiger partial charge >= 0.3 is 0 Å². The quantitative estimate of drug-likeness (QED) is 0.810. The predicted octanol–water partition coefficient (Wildman–Crippen LogP) is 3.19. The highest BCUT2D eigenvalue weighted by molar-refractivity contribution is 9.10. The molecule has 1 rings (SSSR count). The van der Waals surface area contributed by atoms with Gasteiger partial charge in [-0.25, -0.2) is 0 Å². The van der Waals surface area contributed by atoms with Crippen LogP contribution in [0.15, 0.2) is 10.7 Å². The van der Waals surface area contributed by atoms with Gasteiger partial charge in [-0.3, -0.25) is 4.68 Å². The molecule has 15 heavy (non-hydrogen) atoms. The first-order valence-electron chi connectivity index (χ1n) is 5.52. The lowest BCUT2D eigenvalue weighted by atomic mass is 10.1. The standard InChI is InChI=1S/C11H19BrN2O/c1-3-4-5-6-7-10(15)11-9(12)8-13-14(11)2/h8,10,15H,3-7H2,1-2H3. The molecule has 0 spiro atoms. The minimum Gasteiger partial charge on any atom is -0.387 e. The zero-order chi connectivity index (χ0) is 11.3. The van der Waals surface area contributed by atoms with Crippen LogP contribution in [-0.4, -0.2) is 14.9 Å². The second-order valence-corrected chi connectivity index (χ2v) is 4.72. The molecule has 1 N–H and O–H groups in total. The first kappa shape index (κ1) is 12.7. The van der Waals surface area contributed by atoms with E-state index in [1.807, 2.05) is 7.05 Å². The van der Waals surface area contributed by atoms with E-state index in [0.29, 0.717) is 0 Å². The number of aromatic nitrogens is 2. The van der Waals surface area contributed by atoms with E-state index in [2.05, 4.69) is 28.0 Å². The van der Waals surface area contributed by atoms with Crippen molar-refractivity contribution in [3.8, 4) is 0 Å².